The van der Waals surface area contributed by atoms with Gasteiger partial charge in [-0.05, 0) is 29.8 Å². The van der Waals surface area contributed by atoms with Gasteiger partial charge in [0.25, 0.3) is 0 Å². The first-order valence-corrected chi connectivity index (χ1v) is 7.91. The van der Waals surface area contributed by atoms with E-state index in [1.807, 2.05) is 12.1 Å². The van der Waals surface area contributed by atoms with Crippen LogP contribution >= 0.6 is 35.6 Å². The predicted octanol–water partition coefficient (Wildman–Crippen LogP) is 4.24. The normalized spacial score (nSPS) is 23.1. The summed E-state index contributed by atoms with van der Waals surface area (Å²) in [5.41, 5.74) is -0.677. The maximum atomic E-state index is 14.9. The van der Waals surface area contributed by atoms with Crippen LogP contribution in [0.25, 0.3) is 0 Å². The molecule has 0 amide bonds. The number of furan rings is 1. The molecule has 0 radical (unpaired) electrons. The molecule has 1 aromatic heterocycles. The highest BCUT2D eigenvalue weighted by Crippen LogP contribution is 2.45. The molecule has 1 fully saturated rings. The Hall–Kier alpha value is -1.28. The van der Waals surface area contributed by atoms with Crippen molar-refractivity contribution in [1.29, 1.82) is 0 Å². The van der Waals surface area contributed by atoms with Gasteiger partial charge in [0.2, 0.25) is 0 Å². The molecule has 2 aromatic rings. The van der Waals surface area contributed by atoms with E-state index in [0.717, 1.165) is 5.76 Å². The Morgan fingerprint density at radius 1 is 1.38 bits per heavy atom. The van der Waals surface area contributed by atoms with Crippen LogP contribution < -0.4 is 10.6 Å². The monoisotopic (exact) mass is 463 g/mol. The second-order valence-corrected chi connectivity index (χ2v) is 6.17. The molecule has 2 N–H and O–H groups in total. The topological polar surface area (TPSA) is 49.6 Å². The van der Waals surface area contributed by atoms with Gasteiger partial charge in [-0.3, -0.25) is 4.99 Å². The number of aliphatic imine (C=N–C) groups is 1. The number of halogens is 3. The molecule has 0 saturated heterocycles. The second kappa shape index (κ2) is 8.20. The van der Waals surface area contributed by atoms with E-state index < -0.39 is 5.67 Å². The Bertz CT molecular complexity index is 687. The zero-order valence-electron chi connectivity index (χ0n) is 13.3. The van der Waals surface area contributed by atoms with Crippen molar-refractivity contribution < 1.29 is 8.81 Å². The molecule has 0 spiro atoms. The third kappa shape index (κ3) is 4.42. The van der Waals surface area contributed by atoms with Gasteiger partial charge in [0.05, 0.1) is 12.8 Å². The number of alkyl halides is 1. The summed E-state index contributed by atoms with van der Waals surface area (Å²) in [5.74, 6) is 1.46. The first-order chi connectivity index (χ1) is 11.1. The van der Waals surface area contributed by atoms with Crippen molar-refractivity contribution >= 4 is 41.5 Å². The number of nitrogens with one attached hydrogen (secondary N) is 2. The summed E-state index contributed by atoms with van der Waals surface area (Å²) < 4.78 is 20.1. The summed E-state index contributed by atoms with van der Waals surface area (Å²) in [6.45, 7) is 0.536. The molecule has 4 nitrogen and oxygen atoms in total. The Morgan fingerprint density at radius 3 is 2.79 bits per heavy atom. The van der Waals surface area contributed by atoms with Crippen molar-refractivity contribution in [2.75, 3.05) is 7.05 Å². The van der Waals surface area contributed by atoms with Crippen LogP contribution in [0.15, 0.2) is 52.1 Å². The first-order valence-electron chi connectivity index (χ1n) is 7.53. The number of hydrogen-bond acceptors (Lipinski definition) is 2. The van der Waals surface area contributed by atoms with E-state index in [0.29, 0.717) is 35.9 Å². The fourth-order valence-corrected chi connectivity index (χ4v) is 2.99. The Balaban J connectivity index is 0.00000208. The molecule has 24 heavy (non-hydrogen) atoms. The molecule has 1 saturated carbocycles. The van der Waals surface area contributed by atoms with E-state index >= 15 is 0 Å². The lowest BCUT2D eigenvalue weighted by atomic mass is 9.73. The fraction of sp³-hybridized carbons (Fsp3) is 0.353. The van der Waals surface area contributed by atoms with Crippen molar-refractivity contribution in [3.8, 4) is 0 Å². The van der Waals surface area contributed by atoms with E-state index in [-0.39, 0.29) is 30.0 Å². The van der Waals surface area contributed by atoms with Gasteiger partial charge in [-0.15, -0.1) is 24.0 Å². The third-order valence-electron chi connectivity index (χ3n) is 4.06. The number of hydrogen-bond donors (Lipinski definition) is 2. The standard InChI is InChI=1S/C17H19ClFN3O.HI/c1-20-16(21-11-15-6-3-7-23-15)22-14-9-17(19,10-14)12-4-2-5-13(18)8-12;/h2-8,14H,9-11H2,1H3,(H2,20,21,22);1H. The van der Waals surface area contributed by atoms with Crippen LogP contribution in [0.1, 0.15) is 24.2 Å². The number of benzene rings is 1. The van der Waals surface area contributed by atoms with Crippen molar-refractivity contribution in [1.82, 2.24) is 10.6 Å². The van der Waals surface area contributed by atoms with E-state index in [4.69, 9.17) is 16.0 Å². The second-order valence-electron chi connectivity index (χ2n) is 5.73. The zero-order chi connectivity index (χ0) is 16.3. The number of rotatable bonds is 4. The minimum atomic E-state index is -1.32. The van der Waals surface area contributed by atoms with Gasteiger partial charge >= 0.3 is 0 Å². The smallest absolute Gasteiger partial charge is 0.191 e. The average molecular weight is 464 g/mol. The fourth-order valence-electron chi connectivity index (χ4n) is 2.80. The number of nitrogens with zero attached hydrogens (tertiary/aromatic N) is 1. The van der Waals surface area contributed by atoms with Gasteiger partial charge in [0.15, 0.2) is 5.96 Å². The minimum absolute atomic E-state index is 0. The molecule has 0 aliphatic heterocycles. The van der Waals surface area contributed by atoms with Gasteiger partial charge in [0.1, 0.15) is 11.4 Å². The zero-order valence-corrected chi connectivity index (χ0v) is 16.3. The molecular formula is C17H20ClFIN3O. The highest BCUT2D eigenvalue weighted by Gasteiger charge is 2.46. The molecule has 0 unspecified atom stereocenters. The molecule has 1 aliphatic rings. The van der Waals surface area contributed by atoms with E-state index in [1.54, 1.807) is 37.6 Å². The third-order valence-corrected chi connectivity index (χ3v) is 4.29. The highest BCUT2D eigenvalue weighted by molar-refractivity contribution is 14.0. The SMILES string of the molecule is CN=C(NCc1ccco1)NC1CC(F)(c2cccc(Cl)c2)C1.I. The minimum Gasteiger partial charge on any atom is -0.467 e. The molecule has 3 rings (SSSR count). The van der Waals surface area contributed by atoms with Gasteiger partial charge in [0, 0.05) is 31.0 Å². The molecule has 1 aliphatic carbocycles. The van der Waals surface area contributed by atoms with E-state index in [2.05, 4.69) is 15.6 Å². The quantitative estimate of drug-likeness (QED) is 0.405. The van der Waals surface area contributed by atoms with Gasteiger partial charge in [-0.25, -0.2) is 4.39 Å². The van der Waals surface area contributed by atoms with Gasteiger partial charge < -0.3 is 15.1 Å². The average Bonchev–Trinajstić information content (AvgIpc) is 3.02. The van der Waals surface area contributed by atoms with Gasteiger partial charge in [-0.1, -0.05) is 23.7 Å². The first kappa shape index (κ1) is 19.1. The summed E-state index contributed by atoms with van der Waals surface area (Å²) in [5, 5.41) is 6.94. The summed E-state index contributed by atoms with van der Waals surface area (Å²) in [4.78, 5) is 4.15. The molecule has 7 heteroatoms. The van der Waals surface area contributed by atoms with Crippen LogP contribution in [0.4, 0.5) is 4.39 Å². The lowest BCUT2D eigenvalue weighted by molar-refractivity contribution is 0.0324. The summed E-state index contributed by atoms with van der Waals surface area (Å²) in [6, 6.07) is 10.8. The van der Waals surface area contributed by atoms with Crippen LogP contribution in [0.2, 0.25) is 5.02 Å². The largest absolute Gasteiger partial charge is 0.467 e. The maximum Gasteiger partial charge on any atom is 0.191 e. The molecule has 0 bridgehead atoms. The highest BCUT2D eigenvalue weighted by atomic mass is 127. The molecule has 1 aromatic carbocycles. The Labute approximate surface area is 162 Å². The molecular weight excluding hydrogens is 444 g/mol. The van der Waals surface area contributed by atoms with E-state index in [9.17, 15) is 4.39 Å². The van der Waals surface area contributed by atoms with Gasteiger partial charge in [-0.2, -0.15) is 0 Å². The lowest BCUT2D eigenvalue weighted by Crippen LogP contribution is -2.53. The Kier molecular flexibility index (Phi) is 6.51. The van der Waals surface area contributed by atoms with Crippen LogP contribution in [-0.2, 0) is 12.2 Å². The summed E-state index contributed by atoms with van der Waals surface area (Å²) >= 11 is 5.94. The van der Waals surface area contributed by atoms with Crippen LogP contribution in [0, 0.1) is 0 Å². The van der Waals surface area contributed by atoms with Crippen molar-refractivity contribution in [3.05, 3.63) is 59.0 Å². The molecule has 1 heterocycles. The van der Waals surface area contributed by atoms with Crippen molar-refractivity contribution in [3.63, 3.8) is 0 Å². The molecule has 130 valence electrons. The van der Waals surface area contributed by atoms with Crippen molar-refractivity contribution in [2.45, 2.75) is 31.1 Å². The molecule has 0 atom stereocenters. The van der Waals surface area contributed by atoms with Crippen LogP contribution in [0.5, 0.6) is 0 Å². The Morgan fingerprint density at radius 2 is 2.17 bits per heavy atom. The van der Waals surface area contributed by atoms with Crippen LogP contribution in [0.3, 0.4) is 0 Å². The lowest BCUT2D eigenvalue weighted by Gasteiger charge is -2.42. The van der Waals surface area contributed by atoms with Crippen molar-refractivity contribution in [2.24, 2.45) is 4.99 Å². The summed E-state index contributed by atoms with van der Waals surface area (Å²) in [7, 11) is 1.69. The summed E-state index contributed by atoms with van der Waals surface area (Å²) in [6.07, 6.45) is 2.42. The number of guanidine groups is 1. The predicted molar refractivity (Wildman–Crippen MR) is 105 cm³/mol. The van der Waals surface area contributed by atoms with Crippen LogP contribution in [-0.4, -0.2) is 19.0 Å². The van der Waals surface area contributed by atoms with E-state index in [1.165, 1.54) is 0 Å². The maximum absolute atomic E-state index is 14.9.